The van der Waals surface area contributed by atoms with Crippen LogP contribution in [0.1, 0.15) is 0 Å². The molecule has 1 heterocycles. The van der Waals surface area contributed by atoms with Gasteiger partial charge in [-0.3, -0.25) is 0 Å². The largest absolute Gasteiger partial charge is 0.368 e. The Balaban J connectivity index is 2.12. The van der Waals surface area contributed by atoms with Gasteiger partial charge in [0, 0.05) is 5.56 Å². The summed E-state index contributed by atoms with van der Waals surface area (Å²) in [5, 5.41) is 4.72. The van der Waals surface area contributed by atoms with Crippen molar-refractivity contribution in [2.75, 3.05) is 11.5 Å². The molecule has 0 atom stereocenters. The van der Waals surface area contributed by atoms with Gasteiger partial charge in [-0.2, -0.15) is 9.67 Å². The van der Waals surface area contributed by atoms with Crippen molar-refractivity contribution in [2.45, 2.75) is 0 Å². The molecule has 3 rings (SSSR count). The van der Waals surface area contributed by atoms with E-state index in [9.17, 15) is 4.39 Å². The topological polar surface area (TPSA) is 82.7 Å². The van der Waals surface area contributed by atoms with Gasteiger partial charge in [-0.25, -0.2) is 4.39 Å². The van der Waals surface area contributed by atoms with Crippen LogP contribution in [-0.4, -0.2) is 14.8 Å². The van der Waals surface area contributed by atoms with Crippen molar-refractivity contribution in [1.82, 2.24) is 14.8 Å². The summed E-state index contributed by atoms with van der Waals surface area (Å²) in [5.74, 6) is -0.162. The molecule has 4 N–H and O–H groups in total. The number of benzene rings is 2. The molecule has 0 saturated carbocycles. The molecule has 0 spiro atoms. The minimum Gasteiger partial charge on any atom is -0.368 e. The summed E-state index contributed by atoms with van der Waals surface area (Å²) in [6, 6.07) is 9.15. The highest BCUT2D eigenvalue weighted by molar-refractivity contribution is 6.39. The van der Waals surface area contributed by atoms with Gasteiger partial charge in [0.05, 0.1) is 15.7 Å². The van der Waals surface area contributed by atoms with Crippen molar-refractivity contribution < 1.29 is 4.39 Å². The maximum Gasteiger partial charge on any atom is 0.241 e. The van der Waals surface area contributed by atoms with Gasteiger partial charge in [0.25, 0.3) is 0 Å². The summed E-state index contributed by atoms with van der Waals surface area (Å²) >= 11 is 12.6. The maximum atomic E-state index is 13.0. The molecule has 0 aliphatic carbocycles. The fourth-order valence-electron chi connectivity index (χ4n) is 2.11. The van der Waals surface area contributed by atoms with Crippen molar-refractivity contribution >= 4 is 35.1 Å². The summed E-state index contributed by atoms with van der Waals surface area (Å²) in [5.41, 5.74) is 13.1. The number of nitrogens with zero attached hydrogens (tertiary/aromatic N) is 3. The number of nitrogen functional groups attached to an aromatic ring is 2. The zero-order valence-corrected chi connectivity index (χ0v) is 12.6. The molecule has 0 fully saturated rings. The second-order valence-electron chi connectivity index (χ2n) is 4.53. The molecule has 5 nitrogen and oxygen atoms in total. The average Bonchev–Trinajstić information content (AvgIpc) is 2.79. The summed E-state index contributed by atoms with van der Waals surface area (Å²) in [6.07, 6.45) is 0. The Morgan fingerprint density at radius 1 is 1.00 bits per heavy atom. The number of hydrogen-bond donors (Lipinski definition) is 2. The van der Waals surface area contributed by atoms with Crippen molar-refractivity contribution in [3.63, 3.8) is 0 Å². The van der Waals surface area contributed by atoms with E-state index in [-0.39, 0.29) is 17.7 Å². The van der Waals surface area contributed by atoms with Crippen LogP contribution in [0.5, 0.6) is 0 Å². The highest BCUT2D eigenvalue weighted by Crippen LogP contribution is 2.37. The second kappa shape index (κ2) is 5.47. The van der Waals surface area contributed by atoms with Crippen molar-refractivity contribution in [2.24, 2.45) is 0 Å². The SMILES string of the molecule is Nc1nc(N)n(-c2cc(Cl)c(-c3ccc(F)cc3)c(Cl)c2)n1. The first-order valence-corrected chi connectivity index (χ1v) is 6.94. The van der Waals surface area contributed by atoms with E-state index in [0.29, 0.717) is 26.9 Å². The number of halogens is 3. The van der Waals surface area contributed by atoms with Crippen LogP contribution >= 0.6 is 23.2 Å². The van der Waals surface area contributed by atoms with E-state index < -0.39 is 0 Å². The van der Waals surface area contributed by atoms with Gasteiger partial charge >= 0.3 is 0 Å². The Kier molecular flexibility index (Phi) is 3.64. The highest BCUT2D eigenvalue weighted by Gasteiger charge is 2.14. The number of rotatable bonds is 2. The fraction of sp³-hybridized carbons (Fsp3) is 0. The molecule has 0 bridgehead atoms. The van der Waals surface area contributed by atoms with Gasteiger partial charge in [0.2, 0.25) is 11.9 Å². The smallest absolute Gasteiger partial charge is 0.241 e. The Morgan fingerprint density at radius 3 is 2.09 bits per heavy atom. The molecule has 1 aromatic heterocycles. The third kappa shape index (κ3) is 2.58. The summed E-state index contributed by atoms with van der Waals surface area (Å²) in [7, 11) is 0. The van der Waals surface area contributed by atoms with Gasteiger partial charge in [0.1, 0.15) is 5.82 Å². The second-order valence-corrected chi connectivity index (χ2v) is 5.35. The lowest BCUT2D eigenvalue weighted by Gasteiger charge is -2.11. The number of aromatic nitrogens is 3. The number of nitrogens with two attached hydrogens (primary N) is 2. The van der Waals surface area contributed by atoms with Gasteiger partial charge in [-0.05, 0) is 29.8 Å². The van der Waals surface area contributed by atoms with Crippen molar-refractivity contribution in [3.05, 3.63) is 52.3 Å². The summed E-state index contributed by atoms with van der Waals surface area (Å²) < 4.78 is 14.4. The number of anilines is 2. The first kappa shape index (κ1) is 14.6. The van der Waals surface area contributed by atoms with Crippen molar-refractivity contribution in [1.29, 1.82) is 0 Å². The van der Waals surface area contributed by atoms with Crippen LogP contribution in [0.3, 0.4) is 0 Å². The van der Waals surface area contributed by atoms with Crippen molar-refractivity contribution in [3.8, 4) is 16.8 Å². The lowest BCUT2D eigenvalue weighted by Crippen LogP contribution is -2.03. The summed E-state index contributed by atoms with van der Waals surface area (Å²) in [4.78, 5) is 3.82. The quantitative estimate of drug-likeness (QED) is 0.749. The van der Waals surface area contributed by atoms with E-state index in [1.807, 2.05) is 0 Å². The minimum atomic E-state index is -0.335. The molecule has 0 amide bonds. The van der Waals surface area contributed by atoms with Gasteiger partial charge in [0.15, 0.2) is 0 Å². The zero-order valence-electron chi connectivity index (χ0n) is 11.1. The molecule has 2 aromatic carbocycles. The third-order valence-electron chi connectivity index (χ3n) is 3.05. The van der Waals surface area contributed by atoms with E-state index in [1.165, 1.54) is 16.8 Å². The van der Waals surface area contributed by atoms with Crippen LogP contribution in [0.4, 0.5) is 16.3 Å². The first-order chi connectivity index (χ1) is 10.5. The molecule has 0 unspecified atom stereocenters. The molecule has 0 radical (unpaired) electrons. The van der Waals surface area contributed by atoms with Crippen LogP contribution in [0.25, 0.3) is 16.8 Å². The van der Waals surface area contributed by atoms with E-state index in [1.54, 1.807) is 24.3 Å². The predicted molar refractivity (Wildman–Crippen MR) is 85.6 cm³/mol. The third-order valence-corrected chi connectivity index (χ3v) is 3.65. The Bertz CT molecular complexity index is 822. The predicted octanol–water partition coefficient (Wildman–Crippen LogP) is 3.54. The number of hydrogen-bond acceptors (Lipinski definition) is 4. The Hall–Kier alpha value is -2.31. The molecule has 112 valence electrons. The highest BCUT2D eigenvalue weighted by atomic mass is 35.5. The lowest BCUT2D eigenvalue weighted by molar-refractivity contribution is 0.628. The van der Waals surface area contributed by atoms with Crippen LogP contribution in [0, 0.1) is 5.82 Å². The normalized spacial score (nSPS) is 10.9. The van der Waals surface area contributed by atoms with Crippen LogP contribution < -0.4 is 11.5 Å². The van der Waals surface area contributed by atoms with Gasteiger partial charge < -0.3 is 11.5 Å². The molecule has 0 aliphatic heterocycles. The van der Waals surface area contributed by atoms with E-state index in [0.717, 1.165) is 0 Å². The molecule has 8 heteroatoms. The molecule has 0 saturated heterocycles. The molecular formula is C14H10Cl2FN5. The standard InChI is InChI=1S/C14H10Cl2FN5/c15-10-5-9(22-14(19)20-13(18)21-22)6-11(16)12(10)7-1-3-8(17)4-2-7/h1-6H,(H4,18,19,20,21). The molecule has 22 heavy (non-hydrogen) atoms. The molecular weight excluding hydrogens is 328 g/mol. The fourth-order valence-corrected chi connectivity index (χ4v) is 2.80. The van der Waals surface area contributed by atoms with Gasteiger partial charge in [-0.1, -0.05) is 35.3 Å². The van der Waals surface area contributed by atoms with Crippen LogP contribution in [0.15, 0.2) is 36.4 Å². The Morgan fingerprint density at radius 2 is 1.59 bits per heavy atom. The molecule has 3 aromatic rings. The average molecular weight is 338 g/mol. The van der Waals surface area contributed by atoms with E-state index in [4.69, 9.17) is 34.7 Å². The first-order valence-electron chi connectivity index (χ1n) is 6.19. The van der Waals surface area contributed by atoms with E-state index >= 15 is 0 Å². The molecule has 0 aliphatic rings. The van der Waals surface area contributed by atoms with Crippen LogP contribution in [0.2, 0.25) is 10.0 Å². The summed E-state index contributed by atoms with van der Waals surface area (Å²) in [6.45, 7) is 0. The van der Waals surface area contributed by atoms with E-state index in [2.05, 4.69) is 10.1 Å². The van der Waals surface area contributed by atoms with Gasteiger partial charge in [-0.15, -0.1) is 5.10 Å². The minimum absolute atomic E-state index is 0.0485. The monoisotopic (exact) mass is 337 g/mol. The maximum absolute atomic E-state index is 13.0. The zero-order chi connectivity index (χ0) is 15.9. The lowest BCUT2D eigenvalue weighted by atomic mass is 10.0. The van der Waals surface area contributed by atoms with Crippen LogP contribution in [-0.2, 0) is 0 Å². The Labute approximate surface area is 135 Å².